The highest BCUT2D eigenvalue weighted by Crippen LogP contribution is 2.34. The number of rotatable bonds is 3. The van der Waals surface area contributed by atoms with Gasteiger partial charge < -0.3 is 9.84 Å². The van der Waals surface area contributed by atoms with Gasteiger partial charge in [0.1, 0.15) is 0 Å². The molecule has 1 N–H and O–H groups in total. The molecule has 1 saturated heterocycles. The number of halogens is 2. The van der Waals surface area contributed by atoms with Crippen LogP contribution in [0.15, 0.2) is 0 Å². The topological polar surface area (TPSA) is 66.8 Å². The lowest BCUT2D eigenvalue weighted by Gasteiger charge is -2.22. The zero-order valence-corrected chi connectivity index (χ0v) is 9.65. The van der Waals surface area contributed by atoms with Gasteiger partial charge in [0.15, 0.2) is 0 Å². The van der Waals surface area contributed by atoms with Crippen molar-refractivity contribution in [3.8, 4) is 0 Å². The van der Waals surface area contributed by atoms with Crippen molar-refractivity contribution in [1.29, 1.82) is 0 Å². The predicted molar refractivity (Wildman–Crippen MR) is 53.9 cm³/mol. The third-order valence-electron chi connectivity index (χ3n) is 2.85. The summed E-state index contributed by atoms with van der Waals surface area (Å²) >= 11 is 0. The number of ether oxygens (including phenoxy) is 1. The van der Waals surface area contributed by atoms with Crippen molar-refractivity contribution >= 4 is 12.1 Å². The first-order valence-electron chi connectivity index (χ1n) is 5.22. The molecule has 98 valence electrons. The largest absolute Gasteiger partial charge is 0.469 e. The van der Waals surface area contributed by atoms with E-state index in [-0.39, 0.29) is 6.42 Å². The monoisotopic (exact) mass is 251 g/mol. The van der Waals surface area contributed by atoms with Crippen LogP contribution in [0.4, 0.5) is 13.6 Å². The first-order valence-corrected chi connectivity index (χ1v) is 5.22. The van der Waals surface area contributed by atoms with Crippen LogP contribution in [-0.2, 0) is 9.53 Å². The summed E-state index contributed by atoms with van der Waals surface area (Å²) in [5.41, 5.74) is 0. The summed E-state index contributed by atoms with van der Waals surface area (Å²) in [5, 5.41) is 8.80. The van der Waals surface area contributed by atoms with Crippen LogP contribution in [0.5, 0.6) is 0 Å². The first kappa shape index (κ1) is 13.7. The molecule has 1 aliphatic rings. The van der Waals surface area contributed by atoms with Gasteiger partial charge in [0.25, 0.3) is 5.92 Å². The Balaban J connectivity index is 2.68. The highest BCUT2D eigenvalue weighted by atomic mass is 19.3. The Morgan fingerprint density at radius 3 is 2.65 bits per heavy atom. The molecule has 0 aromatic carbocycles. The Morgan fingerprint density at radius 2 is 2.18 bits per heavy atom. The lowest BCUT2D eigenvalue weighted by atomic mass is 9.99. The maximum atomic E-state index is 13.1. The number of carbonyl (C=O) groups excluding carboxylic acids is 1. The molecule has 0 radical (unpaired) electrons. The van der Waals surface area contributed by atoms with Gasteiger partial charge in [-0.25, -0.2) is 13.6 Å². The molecule has 0 aliphatic carbocycles. The van der Waals surface area contributed by atoms with Crippen LogP contribution >= 0.6 is 0 Å². The SMILES string of the molecule is COC(=O)C(C)CC1CC(F)(F)CN1C(=O)O. The second kappa shape index (κ2) is 4.85. The fourth-order valence-corrected chi connectivity index (χ4v) is 2.04. The Morgan fingerprint density at radius 1 is 1.59 bits per heavy atom. The predicted octanol–water partition coefficient (Wildman–Crippen LogP) is 1.57. The zero-order chi connectivity index (χ0) is 13.2. The van der Waals surface area contributed by atoms with Crippen molar-refractivity contribution in [2.24, 2.45) is 5.92 Å². The molecular formula is C10H15F2NO4. The highest BCUT2D eigenvalue weighted by Gasteiger charge is 2.47. The summed E-state index contributed by atoms with van der Waals surface area (Å²) in [5.74, 6) is -4.13. The number of carboxylic acid groups (broad SMARTS) is 1. The normalized spacial score (nSPS) is 24.5. The Hall–Kier alpha value is -1.40. The van der Waals surface area contributed by atoms with Crippen LogP contribution in [0.25, 0.3) is 0 Å². The smallest absolute Gasteiger partial charge is 0.407 e. The Labute approximate surface area is 97.3 Å². The number of alkyl halides is 2. The number of esters is 1. The molecule has 2 atom stereocenters. The van der Waals surface area contributed by atoms with E-state index >= 15 is 0 Å². The van der Waals surface area contributed by atoms with Gasteiger partial charge in [0.2, 0.25) is 0 Å². The van der Waals surface area contributed by atoms with Crippen LogP contribution in [0, 0.1) is 5.92 Å². The minimum atomic E-state index is -3.01. The van der Waals surface area contributed by atoms with Crippen LogP contribution in [0.2, 0.25) is 0 Å². The standard InChI is InChI=1S/C10H15F2NO4/c1-6(8(14)17-2)3-7-4-10(11,12)5-13(7)9(15)16/h6-7H,3-5H2,1-2H3,(H,15,16). The highest BCUT2D eigenvalue weighted by molar-refractivity contribution is 5.72. The van der Waals surface area contributed by atoms with Crippen molar-refractivity contribution in [3.63, 3.8) is 0 Å². The molecule has 0 aromatic rings. The molecule has 0 saturated carbocycles. The van der Waals surface area contributed by atoms with E-state index in [1.165, 1.54) is 14.0 Å². The first-order chi connectivity index (χ1) is 7.76. The van der Waals surface area contributed by atoms with E-state index < -0.39 is 42.9 Å². The molecule has 0 spiro atoms. The van der Waals surface area contributed by atoms with Gasteiger partial charge in [-0.1, -0.05) is 6.92 Å². The maximum absolute atomic E-state index is 13.1. The van der Waals surface area contributed by atoms with E-state index in [4.69, 9.17) is 5.11 Å². The van der Waals surface area contributed by atoms with Crippen LogP contribution in [0.1, 0.15) is 19.8 Å². The lowest BCUT2D eigenvalue weighted by Crippen LogP contribution is -2.37. The van der Waals surface area contributed by atoms with Crippen LogP contribution in [-0.4, -0.2) is 47.7 Å². The van der Waals surface area contributed by atoms with E-state index in [2.05, 4.69) is 4.74 Å². The Kier molecular flexibility index (Phi) is 3.90. The van der Waals surface area contributed by atoms with E-state index in [9.17, 15) is 18.4 Å². The summed E-state index contributed by atoms with van der Waals surface area (Å²) in [6.45, 7) is 0.725. The molecule has 1 fully saturated rings. The van der Waals surface area contributed by atoms with Crippen molar-refractivity contribution < 1.29 is 28.2 Å². The van der Waals surface area contributed by atoms with Gasteiger partial charge in [-0.15, -0.1) is 0 Å². The summed E-state index contributed by atoms with van der Waals surface area (Å²) in [4.78, 5) is 22.7. The summed E-state index contributed by atoms with van der Waals surface area (Å²) in [6, 6.07) is -0.836. The van der Waals surface area contributed by atoms with E-state index in [0.29, 0.717) is 4.90 Å². The fraction of sp³-hybridized carbons (Fsp3) is 0.800. The number of hydrogen-bond acceptors (Lipinski definition) is 3. The van der Waals surface area contributed by atoms with Crippen molar-refractivity contribution in [1.82, 2.24) is 4.90 Å². The van der Waals surface area contributed by atoms with Crippen LogP contribution < -0.4 is 0 Å². The van der Waals surface area contributed by atoms with Gasteiger partial charge >= 0.3 is 12.1 Å². The average Bonchev–Trinajstić information content (AvgIpc) is 2.52. The average molecular weight is 251 g/mol. The maximum Gasteiger partial charge on any atom is 0.407 e. The summed E-state index contributed by atoms with van der Waals surface area (Å²) in [7, 11) is 1.21. The van der Waals surface area contributed by atoms with Crippen molar-refractivity contribution in [3.05, 3.63) is 0 Å². The van der Waals surface area contributed by atoms with Gasteiger partial charge in [-0.05, 0) is 6.42 Å². The molecule has 1 aliphatic heterocycles. The van der Waals surface area contributed by atoms with Crippen molar-refractivity contribution in [2.75, 3.05) is 13.7 Å². The number of amides is 1. The molecule has 17 heavy (non-hydrogen) atoms. The number of methoxy groups -OCH3 is 1. The second-order valence-corrected chi connectivity index (χ2v) is 4.28. The summed E-state index contributed by atoms with van der Waals surface area (Å²) < 4.78 is 30.7. The molecule has 5 nitrogen and oxygen atoms in total. The van der Waals surface area contributed by atoms with E-state index in [1.807, 2.05) is 0 Å². The number of nitrogens with zero attached hydrogens (tertiary/aromatic N) is 1. The summed E-state index contributed by atoms with van der Waals surface area (Å²) in [6.07, 6.45) is -1.88. The molecule has 7 heteroatoms. The molecular weight excluding hydrogens is 236 g/mol. The van der Waals surface area contributed by atoms with Gasteiger partial charge in [-0.3, -0.25) is 9.69 Å². The number of carbonyl (C=O) groups is 2. The molecule has 0 bridgehead atoms. The minimum absolute atomic E-state index is 0.0502. The Bertz CT molecular complexity index is 321. The third-order valence-corrected chi connectivity index (χ3v) is 2.85. The second-order valence-electron chi connectivity index (χ2n) is 4.28. The molecule has 0 aromatic heterocycles. The third kappa shape index (κ3) is 3.28. The molecule has 2 unspecified atom stereocenters. The molecule has 1 heterocycles. The fourth-order valence-electron chi connectivity index (χ4n) is 2.04. The zero-order valence-electron chi connectivity index (χ0n) is 9.65. The van der Waals surface area contributed by atoms with Gasteiger partial charge in [0, 0.05) is 12.5 Å². The molecule has 1 amide bonds. The van der Waals surface area contributed by atoms with Crippen LogP contribution in [0.3, 0.4) is 0 Å². The van der Waals surface area contributed by atoms with Crippen molar-refractivity contribution in [2.45, 2.75) is 31.7 Å². The van der Waals surface area contributed by atoms with E-state index in [0.717, 1.165) is 0 Å². The molecule has 1 rings (SSSR count). The van der Waals surface area contributed by atoms with Gasteiger partial charge in [0.05, 0.1) is 19.6 Å². The quantitative estimate of drug-likeness (QED) is 0.773. The number of hydrogen-bond donors (Lipinski definition) is 1. The lowest BCUT2D eigenvalue weighted by molar-refractivity contribution is -0.145. The van der Waals surface area contributed by atoms with E-state index in [1.54, 1.807) is 0 Å². The number of likely N-dealkylation sites (tertiary alicyclic amines) is 1. The minimum Gasteiger partial charge on any atom is -0.469 e. The van der Waals surface area contributed by atoms with Gasteiger partial charge in [-0.2, -0.15) is 0 Å².